The number of halogens is 1. The molecule has 0 spiro atoms. The topological polar surface area (TPSA) is 50.3 Å². The molecule has 2 atom stereocenters. The van der Waals surface area contributed by atoms with Crippen LogP contribution in [-0.4, -0.2) is 35.8 Å². The van der Waals surface area contributed by atoms with Crippen LogP contribution in [0.2, 0.25) is 0 Å². The minimum atomic E-state index is 0. The maximum absolute atomic E-state index is 5.96. The van der Waals surface area contributed by atoms with Crippen molar-refractivity contribution in [2.75, 3.05) is 23.9 Å². The number of pyridine rings is 2. The summed E-state index contributed by atoms with van der Waals surface area (Å²) in [7, 11) is 1.88. The molecule has 0 bridgehead atoms. The number of ether oxygens (including phenoxy) is 1. The van der Waals surface area contributed by atoms with Crippen molar-refractivity contribution in [1.82, 2.24) is 9.97 Å². The summed E-state index contributed by atoms with van der Waals surface area (Å²) >= 11 is 0. The predicted octanol–water partition coefficient (Wildman–Crippen LogP) is 5.50. The molecule has 1 saturated carbocycles. The number of benzene rings is 1. The molecule has 30 heavy (non-hydrogen) atoms. The van der Waals surface area contributed by atoms with Crippen LogP contribution in [-0.2, 0) is 4.74 Å². The summed E-state index contributed by atoms with van der Waals surface area (Å²) in [5.74, 6) is 0.732. The number of nitrogens with zero attached hydrogens (tertiary/aromatic N) is 3. The molecule has 0 radical (unpaired) electrons. The van der Waals surface area contributed by atoms with Gasteiger partial charge in [0.2, 0.25) is 0 Å². The number of methoxy groups -OCH3 is 1. The molecule has 1 aliphatic carbocycles. The Bertz CT molecular complexity index is 1010. The van der Waals surface area contributed by atoms with Gasteiger partial charge in [-0.2, -0.15) is 0 Å². The van der Waals surface area contributed by atoms with Crippen molar-refractivity contribution in [3.8, 4) is 0 Å². The van der Waals surface area contributed by atoms with Gasteiger partial charge in [0.1, 0.15) is 0 Å². The van der Waals surface area contributed by atoms with Gasteiger partial charge in [0.05, 0.1) is 29.5 Å². The third-order valence-electron chi connectivity index (χ3n) is 6.21. The van der Waals surface area contributed by atoms with Crippen molar-refractivity contribution < 1.29 is 4.74 Å². The van der Waals surface area contributed by atoms with Crippen LogP contribution < -0.4 is 10.2 Å². The number of hydrogen-bond acceptors (Lipinski definition) is 5. The van der Waals surface area contributed by atoms with E-state index in [0.29, 0.717) is 12.1 Å². The van der Waals surface area contributed by atoms with Crippen molar-refractivity contribution in [2.24, 2.45) is 5.92 Å². The highest BCUT2D eigenvalue weighted by molar-refractivity contribution is 5.94. The summed E-state index contributed by atoms with van der Waals surface area (Å²) < 4.78 is 5.96. The minimum Gasteiger partial charge on any atom is -0.379 e. The lowest BCUT2D eigenvalue weighted by molar-refractivity contribution is 0.0637. The molecule has 3 aromatic rings. The van der Waals surface area contributed by atoms with Gasteiger partial charge < -0.3 is 15.0 Å². The van der Waals surface area contributed by atoms with E-state index in [0.717, 1.165) is 35.0 Å². The van der Waals surface area contributed by atoms with Gasteiger partial charge in [-0.3, -0.25) is 9.97 Å². The summed E-state index contributed by atoms with van der Waals surface area (Å²) in [4.78, 5) is 11.6. The van der Waals surface area contributed by atoms with E-state index in [-0.39, 0.29) is 12.4 Å². The number of fused-ring (bicyclic) bond motifs is 1. The van der Waals surface area contributed by atoms with Crippen LogP contribution >= 0.6 is 12.4 Å². The first-order chi connectivity index (χ1) is 14.2. The van der Waals surface area contributed by atoms with Crippen molar-refractivity contribution in [3.63, 3.8) is 0 Å². The number of anilines is 3. The average Bonchev–Trinajstić information content (AvgIpc) is 3.45. The Kier molecular flexibility index (Phi) is 6.11. The van der Waals surface area contributed by atoms with Gasteiger partial charge in [0.25, 0.3) is 0 Å². The van der Waals surface area contributed by atoms with E-state index in [1.54, 1.807) is 6.20 Å². The van der Waals surface area contributed by atoms with Crippen LogP contribution in [0.5, 0.6) is 0 Å². The molecule has 1 unspecified atom stereocenters. The highest BCUT2D eigenvalue weighted by atomic mass is 35.5. The van der Waals surface area contributed by atoms with Crippen molar-refractivity contribution in [3.05, 3.63) is 54.5 Å². The maximum atomic E-state index is 5.96. The second-order valence-corrected chi connectivity index (χ2v) is 8.32. The molecule has 1 N–H and O–H groups in total. The van der Waals surface area contributed by atoms with Gasteiger partial charge in [0.15, 0.2) is 0 Å². The van der Waals surface area contributed by atoms with Gasteiger partial charge in [-0.25, -0.2) is 0 Å². The van der Waals surface area contributed by atoms with Gasteiger partial charge in [-0.05, 0) is 74.9 Å². The smallest absolute Gasteiger partial charge is 0.0802 e. The summed E-state index contributed by atoms with van der Waals surface area (Å²) in [6.45, 7) is 3.18. The van der Waals surface area contributed by atoms with Crippen LogP contribution in [0.3, 0.4) is 0 Å². The fraction of sp³-hybridized carbons (Fsp3) is 0.417. The number of aromatic nitrogens is 2. The van der Waals surface area contributed by atoms with E-state index >= 15 is 0 Å². The van der Waals surface area contributed by atoms with E-state index in [4.69, 9.17) is 9.72 Å². The third-order valence-corrected chi connectivity index (χ3v) is 6.21. The maximum Gasteiger partial charge on any atom is 0.0802 e. The largest absolute Gasteiger partial charge is 0.379 e. The van der Waals surface area contributed by atoms with Crippen LogP contribution in [0, 0.1) is 12.8 Å². The summed E-state index contributed by atoms with van der Waals surface area (Å²) in [6, 6.07) is 13.1. The molecule has 0 amide bonds. The number of hydrogen-bond donors (Lipinski definition) is 1. The van der Waals surface area contributed by atoms with E-state index in [1.165, 1.54) is 36.8 Å². The summed E-state index contributed by atoms with van der Waals surface area (Å²) in [5, 5.41) is 4.64. The van der Waals surface area contributed by atoms with Gasteiger partial charge in [-0.1, -0.05) is 0 Å². The van der Waals surface area contributed by atoms with E-state index in [1.807, 2.05) is 25.4 Å². The minimum absolute atomic E-state index is 0. The molecular formula is C24H29ClN4O. The van der Waals surface area contributed by atoms with Crippen LogP contribution in [0.1, 0.15) is 31.4 Å². The van der Waals surface area contributed by atoms with E-state index in [2.05, 4.69) is 46.4 Å². The molecule has 5 rings (SSSR count). The Morgan fingerprint density at radius 2 is 2.00 bits per heavy atom. The van der Waals surface area contributed by atoms with Crippen molar-refractivity contribution in [2.45, 2.75) is 44.8 Å². The third kappa shape index (κ3) is 4.09. The SMILES string of the molecule is CO[C@@H](C1CC1)C1CCCN1c1cc(C)nc2cc(Nc3cccnc3)ccc12.Cl. The molecule has 2 aliphatic rings. The number of rotatable bonds is 6. The van der Waals surface area contributed by atoms with Gasteiger partial charge >= 0.3 is 0 Å². The number of aryl methyl sites for hydroxylation is 1. The normalized spacial score (nSPS) is 19.5. The van der Waals surface area contributed by atoms with Gasteiger partial charge in [-0.15, -0.1) is 12.4 Å². The first-order valence-corrected chi connectivity index (χ1v) is 10.6. The first-order valence-electron chi connectivity index (χ1n) is 10.6. The zero-order valence-electron chi connectivity index (χ0n) is 17.5. The molecule has 158 valence electrons. The molecule has 2 aromatic heterocycles. The standard InChI is InChI=1S/C24H28N4O.ClH/c1-16-13-23(28-12-4-6-22(28)24(29-2)17-7-8-17)20-10-9-18(14-21(20)26-16)27-19-5-3-11-25-15-19;/h3,5,9-11,13-15,17,22,24,27H,4,6-8,12H2,1-2H3;1H/t22?,24-;/m0./s1. The molecule has 1 saturated heterocycles. The zero-order chi connectivity index (χ0) is 19.8. The molecule has 1 aliphatic heterocycles. The first kappa shape index (κ1) is 20.9. The van der Waals surface area contributed by atoms with Crippen LogP contribution in [0.4, 0.5) is 17.1 Å². The molecule has 6 heteroatoms. The van der Waals surface area contributed by atoms with Gasteiger partial charge in [0, 0.05) is 42.3 Å². The fourth-order valence-corrected chi connectivity index (χ4v) is 4.78. The molecule has 2 fully saturated rings. The lowest BCUT2D eigenvalue weighted by atomic mass is 10.0. The highest BCUT2D eigenvalue weighted by Gasteiger charge is 2.41. The Hall–Kier alpha value is -2.37. The Labute approximate surface area is 184 Å². The molecule has 3 heterocycles. The molecule has 1 aromatic carbocycles. The second kappa shape index (κ2) is 8.78. The average molecular weight is 425 g/mol. The van der Waals surface area contributed by atoms with Crippen molar-refractivity contribution >= 4 is 40.4 Å². The van der Waals surface area contributed by atoms with Crippen molar-refractivity contribution in [1.29, 1.82) is 0 Å². The summed E-state index contributed by atoms with van der Waals surface area (Å²) in [5.41, 5.74) is 5.38. The van der Waals surface area contributed by atoms with Crippen LogP contribution in [0.15, 0.2) is 48.8 Å². The zero-order valence-corrected chi connectivity index (χ0v) is 18.4. The lowest BCUT2D eigenvalue weighted by Gasteiger charge is -2.33. The van der Waals surface area contributed by atoms with E-state index in [9.17, 15) is 0 Å². The molecular weight excluding hydrogens is 396 g/mol. The molecule has 5 nitrogen and oxygen atoms in total. The highest BCUT2D eigenvalue weighted by Crippen LogP contribution is 2.42. The van der Waals surface area contributed by atoms with E-state index < -0.39 is 0 Å². The second-order valence-electron chi connectivity index (χ2n) is 8.32. The van der Waals surface area contributed by atoms with Crippen LogP contribution in [0.25, 0.3) is 10.9 Å². The predicted molar refractivity (Wildman–Crippen MR) is 125 cm³/mol. The summed E-state index contributed by atoms with van der Waals surface area (Å²) in [6.07, 6.45) is 9.00. The monoisotopic (exact) mass is 424 g/mol. The Morgan fingerprint density at radius 3 is 2.73 bits per heavy atom. The fourth-order valence-electron chi connectivity index (χ4n) is 4.78. The lowest BCUT2D eigenvalue weighted by Crippen LogP contribution is -2.41. The quantitative estimate of drug-likeness (QED) is 0.566. The Balaban J connectivity index is 0.00000218. The Morgan fingerprint density at radius 1 is 1.13 bits per heavy atom. The number of nitrogens with one attached hydrogen (secondary N) is 1.